The Morgan fingerprint density at radius 2 is 2.33 bits per heavy atom. The molecule has 0 aromatic carbocycles. The minimum Gasteiger partial charge on any atom is -0.449 e. The van der Waals surface area contributed by atoms with Gasteiger partial charge < -0.3 is 14.4 Å². The molecule has 2 aromatic rings. The highest BCUT2D eigenvalue weighted by molar-refractivity contribution is 5.61. The normalized spacial score (nSPS) is 9.87. The van der Waals surface area contributed by atoms with Crippen LogP contribution in [-0.4, -0.2) is 20.8 Å². The van der Waals surface area contributed by atoms with E-state index in [0.29, 0.717) is 0 Å². The van der Waals surface area contributed by atoms with Crippen LogP contribution in [0.1, 0.15) is 0 Å². The fourth-order valence-electron chi connectivity index (χ4n) is 1.21. The van der Waals surface area contributed by atoms with Crippen LogP contribution in [0.4, 0.5) is 4.79 Å². The number of hydrogen-bond donors (Lipinski definition) is 1. The van der Waals surface area contributed by atoms with Gasteiger partial charge in [-0.1, -0.05) is 0 Å². The molecule has 0 spiro atoms. The van der Waals surface area contributed by atoms with Gasteiger partial charge in [0.25, 0.3) is 0 Å². The minimum atomic E-state index is -1.32. The third-order valence-electron chi connectivity index (χ3n) is 1.81. The van der Waals surface area contributed by atoms with Crippen LogP contribution >= 0.6 is 0 Å². The lowest BCUT2D eigenvalue weighted by Gasteiger charge is -1.99. The number of carbonyl (C=O) groups is 1. The Morgan fingerprint density at radius 3 is 3.00 bits per heavy atom. The van der Waals surface area contributed by atoms with E-state index >= 15 is 0 Å². The topological polar surface area (TPSA) is 64.3 Å². The maximum atomic E-state index is 10.3. The first-order chi connectivity index (χ1) is 7.25. The van der Waals surface area contributed by atoms with E-state index in [0.717, 1.165) is 5.69 Å². The molecule has 2 rings (SSSR count). The molecule has 1 N–H and O–H groups in total. The van der Waals surface area contributed by atoms with Gasteiger partial charge in [0.1, 0.15) is 0 Å². The maximum absolute atomic E-state index is 10.3. The van der Waals surface area contributed by atoms with Crippen molar-refractivity contribution >= 4 is 6.16 Å². The molecule has 0 aliphatic rings. The second-order valence-electron chi connectivity index (χ2n) is 2.83. The molecular formula is C10H8N2O3. The summed E-state index contributed by atoms with van der Waals surface area (Å²) in [5.74, 6) is 0.284. The molecule has 0 aliphatic heterocycles. The van der Waals surface area contributed by atoms with Crippen LogP contribution in [0.5, 0.6) is 5.75 Å². The Morgan fingerprint density at radius 1 is 1.47 bits per heavy atom. The number of hydrogen-bond acceptors (Lipinski definition) is 3. The number of aromatic nitrogens is 2. The fourth-order valence-corrected chi connectivity index (χ4v) is 1.21. The molecule has 0 bridgehead atoms. The fraction of sp³-hybridized carbons (Fsp3) is 0. The molecule has 5 heteroatoms. The zero-order chi connectivity index (χ0) is 10.7. The van der Waals surface area contributed by atoms with Gasteiger partial charge in [-0.3, -0.25) is 4.98 Å². The molecule has 15 heavy (non-hydrogen) atoms. The summed E-state index contributed by atoms with van der Waals surface area (Å²) in [5.41, 5.74) is 0.845. The van der Waals surface area contributed by atoms with Crippen LogP contribution in [0.15, 0.2) is 43.0 Å². The first-order valence-electron chi connectivity index (χ1n) is 4.25. The van der Waals surface area contributed by atoms with Gasteiger partial charge in [-0.15, -0.1) is 0 Å². The summed E-state index contributed by atoms with van der Waals surface area (Å²) < 4.78 is 6.22. The van der Waals surface area contributed by atoms with E-state index in [1.807, 2.05) is 6.07 Å². The van der Waals surface area contributed by atoms with Crippen LogP contribution in [-0.2, 0) is 0 Å². The molecule has 0 amide bonds. The zero-order valence-corrected chi connectivity index (χ0v) is 7.70. The van der Waals surface area contributed by atoms with Gasteiger partial charge in [0.2, 0.25) is 0 Å². The summed E-state index contributed by atoms with van der Waals surface area (Å²) in [5, 5.41) is 8.40. The Labute approximate surface area is 85.6 Å². The van der Waals surface area contributed by atoms with Crippen molar-refractivity contribution in [1.82, 2.24) is 9.55 Å². The quantitative estimate of drug-likeness (QED) is 0.759. The maximum Gasteiger partial charge on any atom is 0.511 e. The molecule has 0 saturated heterocycles. The standard InChI is InChI=1S/C10H8N2O3/c13-10(14)15-9-3-5-12(7-9)8-2-1-4-11-6-8/h1-7H,(H,13,14). The number of ether oxygens (including phenoxy) is 1. The lowest BCUT2D eigenvalue weighted by Crippen LogP contribution is -2.01. The van der Waals surface area contributed by atoms with Crippen LogP contribution in [0.3, 0.4) is 0 Å². The lowest BCUT2D eigenvalue weighted by molar-refractivity contribution is 0.144. The summed E-state index contributed by atoms with van der Waals surface area (Å²) in [7, 11) is 0. The van der Waals surface area contributed by atoms with Gasteiger partial charge >= 0.3 is 6.16 Å². The molecule has 0 atom stereocenters. The second-order valence-corrected chi connectivity index (χ2v) is 2.83. The average Bonchev–Trinajstić information content (AvgIpc) is 2.67. The van der Waals surface area contributed by atoms with Crippen LogP contribution < -0.4 is 4.74 Å². The first kappa shape index (κ1) is 9.26. The Hall–Kier alpha value is -2.30. The number of pyridine rings is 1. The Bertz CT molecular complexity index is 465. The minimum absolute atomic E-state index is 0.284. The summed E-state index contributed by atoms with van der Waals surface area (Å²) in [6, 6.07) is 5.23. The van der Waals surface area contributed by atoms with E-state index in [2.05, 4.69) is 9.72 Å². The van der Waals surface area contributed by atoms with Crippen LogP contribution in [0, 0.1) is 0 Å². The van der Waals surface area contributed by atoms with Crippen molar-refractivity contribution in [3.8, 4) is 11.4 Å². The lowest BCUT2D eigenvalue weighted by atomic mass is 10.4. The highest BCUT2D eigenvalue weighted by atomic mass is 16.7. The van der Waals surface area contributed by atoms with Crippen molar-refractivity contribution < 1.29 is 14.6 Å². The van der Waals surface area contributed by atoms with E-state index in [9.17, 15) is 4.79 Å². The van der Waals surface area contributed by atoms with E-state index < -0.39 is 6.16 Å². The zero-order valence-electron chi connectivity index (χ0n) is 7.70. The smallest absolute Gasteiger partial charge is 0.449 e. The predicted octanol–water partition coefficient (Wildman–Crippen LogP) is 1.93. The van der Waals surface area contributed by atoms with Crippen molar-refractivity contribution in [2.24, 2.45) is 0 Å². The summed E-state index contributed by atoms with van der Waals surface area (Å²) in [6.45, 7) is 0. The highest BCUT2D eigenvalue weighted by Crippen LogP contribution is 2.15. The number of carboxylic acid groups (broad SMARTS) is 1. The monoisotopic (exact) mass is 204 g/mol. The molecular weight excluding hydrogens is 196 g/mol. The Kier molecular flexibility index (Phi) is 2.37. The molecule has 0 unspecified atom stereocenters. The van der Waals surface area contributed by atoms with Crippen molar-refractivity contribution in [1.29, 1.82) is 0 Å². The molecule has 0 radical (unpaired) electrons. The van der Waals surface area contributed by atoms with Crippen molar-refractivity contribution in [3.05, 3.63) is 43.0 Å². The number of rotatable bonds is 2. The third-order valence-corrected chi connectivity index (χ3v) is 1.81. The van der Waals surface area contributed by atoms with Gasteiger partial charge in [-0.05, 0) is 18.2 Å². The van der Waals surface area contributed by atoms with Gasteiger partial charge in [-0.25, -0.2) is 4.79 Å². The molecule has 0 aliphatic carbocycles. The first-order valence-corrected chi connectivity index (χ1v) is 4.25. The van der Waals surface area contributed by atoms with Crippen molar-refractivity contribution in [2.45, 2.75) is 0 Å². The predicted molar refractivity (Wildman–Crippen MR) is 52.2 cm³/mol. The van der Waals surface area contributed by atoms with Crippen LogP contribution in [0.25, 0.3) is 5.69 Å². The summed E-state index contributed by atoms with van der Waals surface area (Å²) in [6.07, 6.45) is 5.30. The largest absolute Gasteiger partial charge is 0.511 e. The third kappa shape index (κ3) is 2.14. The van der Waals surface area contributed by atoms with Gasteiger partial charge in [0.15, 0.2) is 5.75 Å². The van der Waals surface area contributed by atoms with Gasteiger partial charge in [-0.2, -0.15) is 0 Å². The number of nitrogens with zero attached hydrogens (tertiary/aromatic N) is 2. The van der Waals surface area contributed by atoms with Gasteiger partial charge in [0, 0.05) is 12.4 Å². The molecule has 5 nitrogen and oxygen atoms in total. The molecule has 0 saturated carbocycles. The SMILES string of the molecule is O=C(O)Oc1ccn(-c2cccnc2)c1. The van der Waals surface area contributed by atoms with E-state index in [1.165, 1.54) is 0 Å². The average molecular weight is 204 g/mol. The van der Waals surface area contributed by atoms with Crippen molar-refractivity contribution in [3.63, 3.8) is 0 Å². The Balaban J connectivity index is 2.24. The van der Waals surface area contributed by atoms with Gasteiger partial charge in [0.05, 0.1) is 18.1 Å². The second kappa shape index (κ2) is 3.83. The molecule has 76 valence electrons. The van der Waals surface area contributed by atoms with Crippen molar-refractivity contribution in [2.75, 3.05) is 0 Å². The van der Waals surface area contributed by atoms with E-state index in [-0.39, 0.29) is 5.75 Å². The highest BCUT2D eigenvalue weighted by Gasteiger charge is 2.03. The van der Waals surface area contributed by atoms with Crippen LogP contribution in [0.2, 0.25) is 0 Å². The molecule has 2 aromatic heterocycles. The van der Waals surface area contributed by atoms with E-state index in [4.69, 9.17) is 5.11 Å². The summed E-state index contributed by atoms with van der Waals surface area (Å²) >= 11 is 0. The molecule has 0 fully saturated rings. The van der Waals surface area contributed by atoms with E-state index in [1.54, 1.807) is 41.5 Å². The summed E-state index contributed by atoms with van der Waals surface area (Å²) in [4.78, 5) is 14.2. The molecule has 2 heterocycles.